The molecule has 12 rings (SSSR count). The molecule has 0 saturated carbocycles. The molecule has 0 radical (unpaired) electrons. The molecule has 2 aliphatic rings. The van der Waals surface area contributed by atoms with Crippen LogP contribution in [0.4, 0.5) is 17.1 Å². The molecule has 1 heterocycles. The van der Waals surface area contributed by atoms with Gasteiger partial charge >= 0.3 is 0 Å². The summed E-state index contributed by atoms with van der Waals surface area (Å²) in [5, 5.41) is 7.19. The molecule has 0 amide bonds. The number of nitrogens with zero attached hydrogens (tertiary/aromatic N) is 1. The van der Waals surface area contributed by atoms with Crippen molar-refractivity contribution in [2.45, 2.75) is 19.3 Å². The Morgan fingerprint density at radius 1 is 0.373 bits per heavy atom. The first-order valence-electron chi connectivity index (χ1n) is 20.5. The topological polar surface area (TPSA) is 12.5 Å². The van der Waals surface area contributed by atoms with Gasteiger partial charge in [0.1, 0.15) is 11.5 Å². The largest absolute Gasteiger partial charge is 0.456 e. The molecule has 0 aromatic heterocycles. The zero-order valence-electron chi connectivity index (χ0n) is 32.9. The number of fused-ring (bicyclic) bond motifs is 12. The molecule has 1 aliphatic carbocycles. The molecule has 0 bridgehead atoms. The summed E-state index contributed by atoms with van der Waals surface area (Å²) >= 11 is 0. The van der Waals surface area contributed by atoms with Crippen LogP contribution in [-0.4, -0.2) is 0 Å². The second-order valence-electron chi connectivity index (χ2n) is 16.4. The summed E-state index contributed by atoms with van der Waals surface area (Å²) in [5.74, 6) is 1.68. The van der Waals surface area contributed by atoms with Gasteiger partial charge in [-0.2, -0.15) is 0 Å². The van der Waals surface area contributed by atoms with Gasteiger partial charge in [-0.05, 0) is 108 Å². The molecule has 2 heteroatoms. The molecule has 0 atom stereocenters. The molecule has 10 aromatic carbocycles. The molecular weight excluding hydrogens is 715 g/mol. The van der Waals surface area contributed by atoms with Crippen molar-refractivity contribution < 1.29 is 4.74 Å². The van der Waals surface area contributed by atoms with Gasteiger partial charge < -0.3 is 9.64 Å². The van der Waals surface area contributed by atoms with Crippen LogP contribution in [0.1, 0.15) is 25.0 Å². The van der Waals surface area contributed by atoms with Gasteiger partial charge in [-0.15, -0.1) is 0 Å². The van der Waals surface area contributed by atoms with E-state index in [1.165, 1.54) is 65.9 Å². The molecular formula is C57H39NO. The Balaban J connectivity index is 1.20. The monoisotopic (exact) mass is 753 g/mol. The normalized spacial score (nSPS) is 13.2. The van der Waals surface area contributed by atoms with Crippen molar-refractivity contribution in [1.82, 2.24) is 0 Å². The lowest BCUT2D eigenvalue weighted by Crippen LogP contribution is -2.17. The summed E-state index contributed by atoms with van der Waals surface area (Å²) in [6, 6.07) is 73.2. The van der Waals surface area contributed by atoms with E-state index in [0.717, 1.165) is 50.6 Å². The summed E-state index contributed by atoms with van der Waals surface area (Å²) in [5.41, 5.74) is 15.2. The van der Waals surface area contributed by atoms with E-state index < -0.39 is 0 Å². The zero-order valence-corrected chi connectivity index (χ0v) is 32.9. The van der Waals surface area contributed by atoms with Crippen molar-refractivity contribution >= 4 is 49.4 Å². The predicted molar refractivity (Wildman–Crippen MR) is 248 cm³/mol. The van der Waals surface area contributed by atoms with E-state index in [0.29, 0.717) is 0 Å². The third kappa shape index (κ3) is 5.06. The standard InChI is InChI=1S/C57H39NO/c1-57(2)49-27-13-12-23-44(49)45-31-30-40(35-50(45)57)58(52-33-39-20-8-9-21-41(39)43-22-10-11-24-46(43)52)51-28-15-29-53-56(51)47-26-14-25-42(36-16-4-3-5-17-36)55(47)48-32-37-18-6-7-19-38(37)34-54(48)59-53/h3-35H,1-2H3. The first kappa shape index (κ1) is 33.7. The van der Waals surface area contributed by atoms with Gasteiger partial charge in [0, 0.05) is 33.2 Å². The summed E-state index contributed by atoms with van der Waals surface area (Å²) < 4.78 is 7.23. The van der Waals surface area contributed by atoms with Crippen molar-refractivity contribution in [3.05, 3.63) is 211 Å². The van der Waals surface area contributed by atoms with Crippen LogP contribution >= 0.6 is 0 Å². The average molecular weight is 754 g/mol. The van der Waals surface area contributed by atoms with Gasteiger partial charge in [0.15, 0.2) is 0 Å². The second-order valence-corrected chi connectivity index (χ2v) is 16.4. The lowest BCUT2D eigenvalue weighted by molar-refractivity contribution is 0.488. The lowest BCUT2D eigenvalue weighted by Gasteiger charge is -2.31. The summed E-state index contributed by atoms with van der Waals surface area (Å²) in [4.78, 5) is 2.50. The highest BCUT2D eigenvalue weighted by molar-refractivity contribution is 6.16. The van der Waals surface area contributed by atoms with Crippen LogP contribution in [0.15, 0.2) is 200 Å². The first-order valence-corrected chi connectivity index (χ1v) is 20.5. The van der Waals surface area contributed by atoms with Gasteiger partial charge in [0.2, 0.25) is 0 Å². The van der Waals surface area contributed by atoms with Crippen LogP contribution < -0.4 is 9.64 Å². The minimum Gasteiger partial charge on any atom is -0.456 e. The van der Waals surface area contributed by atoms with Crippen LogP contribution in [0, 0.1) is 0 Å². The third-order valence-electron chi connectivity index (χ3n) is 12.8. The number of anilines is 3. The number of ether oxygens (including phenoxy) is 1. The van der Waals surface area contributed by atoms with E-state index in [4.69, 9.17) is 4.74 Å². The van der Waals surface area contributed by atoms with Gasteiger partial charge in [-0.25, -0.2) is 0 Å². The van der Waals surface area contributed by atoms with Gasteiger partial charge in [-0.1, -0.05) is 172 Å². The quantitative estimate of drug-likeness (QED) is 0.166. The van der Waals surface area contributed by atoms with Crippen molar-refractivity contribution in [1.29, 1.82) is 0 Å². The molecule has 0 unspecified atom stereocenters. The van der Waals surface area contributed by atoms with Crippen molar-refractivity contribution in [3.8, 4) is 56.0 Å². The molecule has 1 aliphatic heterocycles. The van der Waals surface area contributed by atoms with Crippen LogP contribution in [0.5, 0.6) is 11.5 Å². The van der Waals surface area contributed by atoms with E-state index in [-0.39, 0.29) is 5.41 Å². The minimum atomic E-state index is -0.170. The molecule has 0 N–H and O–H groups in total. The Hall–Kier alpha value is -7.42. The second kappa shape index (κ2) is 12.8. The van der Waals surface area contributed by atoms with E-state index in [2.05, 4.69) is 219 Å². The van der Waals surface area contributed by atoms with Crippen molar-refractivity contribution in [2.75, 3.05) is 4.90 Å². The fraction of sp³-hybridized carbons (Fsp3) is 0.0526. The molecule has 0 fully saturated rings. The lowest BCUT2D eigenvalue weighted by atomic mass is 9.82. The maximum Gasteiger partial charge on any atom is 0.137 e. The third-order valence-corrected chi connectivity index (χ3v) is 12.8. The fourth-order valence-corrected chi connectivity index (χ4v) is 10.0. The predicted octanol–water partition coefficient (Wildman–Crippen LogP) is 16.0. The molecule has 10 aromatic rings. The molecule has 2 nitrogen and oxygen atoms in total. The highest BCUT2D eigenvalue weighted by Crippen LogP contribution is 2.57. The highest BCUT2D eigenvalue weighted by atomic mass is 16.5. The van der Waals surface area contributed by atoms with Crippen LogP contribution in [-0.2, 0) is 5.41 Å². The van der Waals surface area contributed by atoms with Crippen LogP contribution in [0.2, 0.25) is 0 Å². The fourth-order valence-electron chi connectivity index (χ4n) is 10.0. The van der Waals surface area contributed by atoms with E-state index in [9.17, 15) is 0 Å². The van der Waals surface area contributed by atoms with Crippen LogP contribution in [0.3, 0.4) is 0 Å². The number of hydrogen-bond donors (Lipinski definition) is 0. The van der Waals surface area contributed by atoms with Crippen molar-refractivity contribution in [2.24, 2.45) is 0 Å². The average Bonchev–Trinajstić information content (AvgIpc) is 3.41. The smallest absolute Gasteiger partial charge is 0.137 e. The molecule has 59 heavy (non-hydrogen) atoms. The summed E-state index contributed by atoms with van der Waals surface area (Å²) in [7, 11) is 0. The van der Waals surface area contributed by atoms with Gasteiger partial charge in [0.25, 0.3) is 0 Å². The van der Waals surface area contributed by atoms with Crippen LogP contribution in [0.25, 0.3) is 76.8 Å². The number of hydrogen-bond acceptors (Lipinski definition) is 2. The minimum absolute atomic E-state index is 0.170. The van der Waals surface area contributed by atoms with E-state index >= 15 is 0 Å². The Morgan fingerprint density at radius 3 is 1.86 bits per heavy atom. The zero-order chi connectivity index (χ0) is 39.2. The van der Waals surface area contributed by atoms with E-state index in [1.54, 1.807) is 0 Å². The highest BCUT2D eigenvalue weighted by Gasteiger charge is 2.36. The Kier molecular flexibility index (Phi) is 7.31. The molecule has 278 valence electrons. The molecule has 0 saturated heterocycles. The Labute approximate surface area is 344 Å². The van der Waals surface area contributed by atoms with E-state index in [1.807, 2.05) is 0 Å². The maximum atomic E-state index is 7.23. The van der Waals surface area contributed by atoms with Crippen molar-refractivity contribution in [3.63, 3.8) is 0 Å². The Morgan fingerprint density at radius 2 is 1.02 bits per heavy atom. The van der Waals surface area contributed by atoms with Gasteiger partial charge in [-0.3, -0.25) is 0 Å². The summed E-state index contributed by atoms with van der Waals surface area (Å²) in [6.07, 6.45) is 0. The number of benzene rings is 10. The Bertz CT molecular complexity index is 3340. The van der Waals surface area contributed by atoms with Gasteiger partial charge in [0.05, 0.1) is 11.4 Å². The SMILES string of the molecule is CC1(C)c2ccccc2-c2ccc(N(c3cccc4c3-c3cccc(-c5ccccc5)c3-c3cc5ccccc5cc3O4)c3cc4ccccc4c4ccccc34)cc21. The maximum absolute atomic E-state index is 7.23. The summed E-state index contributed by atoms with van der Waals surface area (Å²) in [6.45, 7) is 4.73. The molecule has 0 spiro atoms. The number of rotatable bonds is 4. The first-order chi connectivity index (χ1) is 29.0.